The number of carbonyl (C=O) groups is 2. The van der Waals surface area contributed by atoms with E-state index in [1.54, 1.807) is 18.3 Å². The van der Waals surface area contributed by atoms with Gasteiger partial charge in [-0.3, -0.25) is 4.79 Å². The molecule has 2 N–H and O–H groups in total. The second-order valence-corrected chi connectivity index (χ2v) is 7.47. The maximum absolute atomic E-state index is 12.4. The normalized spacial score (nSPS) is 12.1. The molecule has 1 unspecified atom stereocenters. The van der Waals surface area contributed by atoms with Crippen molar-refractivity contribution in [2.24, 2.45) is 0 Å². The maximum Gasteiger partial charge on any atom is 0.374 e. The molecule has 0 saturated carbocycles. The van der Waals surface area contributed by atoms with E-state index in [2.05, 4.69) is 5.32 Å². The van der Waals surface area contributed by atoms with Crippen LogP contribution in [0.25, 0.3) is 11.0 Å². The van der Waals surface area contributed by atoms with Crippen LogP contribution < -0.4 is 10.2 Å². The average molecular weight is 402 g/mol. The lowest BCUT2D eigenvalue weighted by molar-refractivity contribution is -0.904. The first-order valence-electron chi connectivity index (χ1n) is 9.42. The van der Waals surface area contributed by atoms with Crippen molar-refractivity contribution in [3.05, 3.63) is 58.0 Å². The summed E-state index contributed by atoms with van der Waals surface area (Å²) in [5.41, 5.74) is 1.44. The maximum atomic E-state index is 12.4. The molecule has 2 heterocycles. The van der Waals surface area contributed by atoms with Crippen LogP contribution in [0, 0.1) is 0 Å². The van der Waals surface area contributed by atoms with E-state index in [9.17, 15) is 9.59 Å². The van der Waals surface area contributed by atoms with Crippen LogP contribution in [-0.4, -0.2) is 31.6 Å². The van der Waals surface area contributed by atoms with Crippen molar-refractivity contribution >= 4 is 34.2 Å². The summed E-state index contributed by atoms with van der Waals surface area (Å²) in [4.78, 5) is 26.9. The molecule has 1 atom stereocenters. The average Bonchev–Trinajstić information content (AvgIpc) is 3.34. The summed E-state index contributed by atoms with van der Waals surface area (Å²) in [6, 6.07) is 11.5. The first-order chi connectivity index (χ1) is 13.6. The van der Waals surface area contributed by atoms with Crippen molar-refractivity contribution in [2.45, 2.75) is 26.9 Å². The van der Waals surface area contributed by atoms with Gasteiger partial charge in [0.15, 0.2) is 6.54 Å². The summed E-state index contributed by atoms with van der Waals surface area (Å²) in [6.07, 6.45) is 0. The number of esters is 1. The van der Waals surface area contributed by atoms with Gasteiger partial charge in [0.1, 0.15) is 12.1 Å². The number of thiophene rings is 1. The fraction of sp³-hybridized carbons (Fsp3) is 0.333. The molecule has 28 heavy (non-hydrogen) atoms. The van der Waals surface area contributed by atoms with E-state index in [1.165, 1.54) is 0 Å². The van der Waals surface area contributed by atoms with Crippen molar-refractivity contribution in [2.75, 3.05) is 19.7 Å². The second kappa shape index (κ2) is 9.52. The lowest BCUT2D eigenvalue weighted by Crippen LogP contribution is -3.11. The van der Waals surface area contributed by atoms with Gasteiger partial charge >= 0.3 is 5.97 Å². The number of nitrogens with one attached hydrogen (secondary N) is 2. The van der Waals surface area contributed by atoms with Crippen molar-refractivity contribution in [1.82, 2.24) is 5.32 Å². The Labute approximate surface area is 168 Å². The van der Waals surface area contributed by atoms with Crippen molar-refractivity contribution in [3.63, 3.8) is 0 Å². The Balaban J connectivity index is 1.74. The molecule has 0 aliphatic heterocycles. The number of hydrogen-bond donors (Lipinski definition) is 2. The van der Waals surface area contributed by atoms with Crippen LogP contribution in [0.1, 0.15) is 34.8 Å². The first kappa shape index (κ1) is 20.1. The molecule has 0 saturated heterocycles. The Hall–Kier alpha value is -2.64. The van der Waals surface area contributed by atoms with Crippen molar-refractivity contribution < 1.29 is 23.6 Å². The number of ether oxygens (including phenoxy) is 1. The zero-order valence-electron chi connectivity index (χ0n) is 16.1. The molecule has 6 nitrogen and oxygen atoms in total. The Morgan fingerprint density at radius 3 is 2.71 bits per heavy atom. The van der Waals surface area contributed by atoms with Crippen LogP contribution in [0.15, 0.2) is 46.2 Å². The second-order valence-electron chi connectivity index (χ2n) is 6.44. The molecular weight excluding hydrogens is 376 g/mol. The monoisotopic (exact) mass is 401 g/mol. The molecular formula is C21H25N2O4S+. The van der Waals surface area contributed by atoms with Gasteiger partial charge < -0.3 is 19.4 Å². The number of amides is 1. The van der Waals surface area contributed by atoms with Gasteiger partial charge in [0, 0.05) is 10.3 Å². The molecule has 1 aromatic carbocycles. The molecule has 0 aliphatic carbocycles. The molecule has 3 rings (SSSR count). The molecule has 0 aliphatic rings. The smallest absolute Gasteiger partial charge is 0.374 e. The van der Waals surface area contributed by atoms with E-state index in [1.807, 2.05) is 48.7 Å². The van der Waals surface area contributed by atoms with E-state index in [4.69, 9.17) is 9.15 Å². The number of carbonyl (C=O) groups excluding carboxylic acids is 2. The quantitative estimate of drug-likeness (QED) is 0.540. The summed E-state index contributed by atoms with van der Waals surface area (Å²) in [5, 5.41) is 5.84. The van der Waals surface area contributed by atoms with Gasteiger partial charge in [-0.05, 0) is 31.4 Å². The highest BCUT2D eigenvalue weighted by Gasteiger charge is 2.25. The van der Waals surface area contributed by atoms with Crippen LogP contribution in [0.4, 0.5) is 0 Å². The van der Waals surface area contributed by atoms with Gasteiger partial charge in [-0.15, -0.1) is 11.3 Å². The number of hydrogen-bond acceptors (Lipinski definition) is 5. The SMILES string of the molecule is CCOC(=O)c1oc2ccccc2c1C[NH+](CC)CC(=O)NCc1cccs1. The van der Waals surface area contributed by atoms with E-state index in [0.29, 0.717) is 25.2 Å². The molecule has 148 valence electrons. The van der Waals surface area contributed by atoms with Crippen LogP contribution in [0.5, 0.6) is 0 Å². The van der Waals surface area contributed by atoms with Crippen LogP contribution >= 0.6 is 11.3 Å². The Kier molecular flexibility index (Phi) is 6.84. The van der Waals surface area contributed by atoms with E-state index >= 15 is 0 Å². The predicted molar refractivity (Wildman–Crippen MR) is 108 cm³/mol. The van der Waals surface area contributed by atoms with Crippen molar-refractivity contribution in [3.8, 4) is 0 Å². The van der Waals surface area contributed by atoms with Gasteiger partial charge in [0.25, 0.3) is 5.91 Å². The summed E-state index contributed by atoms with van der Waals surface area (Å²) in [6.45, 7) is 6.18. The Morgan fingerprint density at radius 1 is 1.18 bits per heavy atom. The van der Waals surface area contributed by atoms with Crippen LogP contribution in [0.2, 0.25) is 0 Å². The predicted octanol–water partition coefficient (Wildman–Crippen LogP) is 2.39. The summed E-state index contributed by atoms with van der Waals surface area (Å²) < 4.78 is 10.9. The van der Waals surface area contributed by atoms with Gasteiger partial charge in [-0.25, -0.2) is 4.79 Å². The van der Waals surface area contributed by atoms with Gasteiger partial charge in [-0.2, -0.15) is 0 Å². The molecule has 0 radical (unpaired) electrons. The minimum absolute atomic E-state index is 0.0178. The molecule has 0 spiro atoms. The van der Waals surface area contributed by atoms with Gasteiger partial charge in [0.2, 0.25) is 5.76 Å². The summed E-state index contributed by atoms with van der Waals surface area (Å²) >= 11 is 1.62. The number of quaternary nitrogens is 1. The topological polar surface area (TPSA) is 73.0 Å². The van der Waals surface area contributed by atoms with Crippen LogP contribution in [-0.2, 0) is 22.6 Å². The fourth-order valence-electron chi connectivity index (χ4n) is 3.09. The molecule has 0 bridgehead atoms. The molecule has 3 aromatic rings. The number of rotatable bonds is 9. The Morgan fingerprint density at radius 2 is 2.00 bits per heavy atom. The largest absolute Gasteiger partial charge is 0.460 e. The summed E-state index contributed by atoms with van der Waals surface area (Å²) in [7, 11) is 0. The third-order valence-electron chi connectivity index (χ3n) is 4.54. The standard InChI is InChI=1S/C21H24N2O4S/c1-3-23(14-19(24)22-12-15-8-7-11-28-15)13-17-16-9-5-6-10-18(16)27-20(17)21(25)26-4-2/h5-11H,3-4,12-14H2,1-2H3,(H,22,24)/p+1. The zero-order chi connectivity index (χ0) is 19.9. The molecule has 0 fully saturated rings. The van der Waals surface area contributed by atoms with Gasteiger partial charge in [0.05, 0.1) is 25.3 Å². The van der Waals surface area contributed by atoms with E-state index < -0.39 is 5.97 Å². The molecule has 7 heteroatoms. The third kappa shape index (κ3) is 4.79. The lowest BCUT2D eigenvalue weighted by atomic mass is 10.1. The number of furan rings is 1. The fourth-order valence-corrected chi connectivity index (χ4v) is 3.73. The molecule has 2 aromatic heterocycles. The minimum atomic E-state index is -0.466. The summed E-state index contributed by atoms with van der Waals surface area (Å²) in [5.74, 6) is -0.255. The van der Waals surface area contributed by atoms with E-state index in [0.717, 1.165) is 27.3 Å². The minimum Gasteiger partial charge on any atom is -0.460 e. The lowest BCUT2D eigenvalue weighted by Gasteiger charge is -2.17. The number of fused-ring (bicyclic) bond motifs is 1. The number of benzene rings is 1. The van der Waals surface area contributed by atoms with Crippen LogP contribution in [0.3, 0.4) is 0 Å². The highest BCUT2D eigenvalue weighted by Crippen LogP contribution is 2.26. The first-order valence-corrected chi connectivity index (χ1v) is 10.3. The zero-order valence-corrected chi connectivity index (χ0v) is 16.9. The number of para-hydroxylation sites is 1. The van der Waals surface area contributed by atoms with Crippen molar-refractivity contribution in [1.29, 1.82) is 0 Å². The highest BCUT2D eigenvalue weighted by atomic mass is 32.1. The number of likely N-dealkylation sites (N-methyl/N-ethyl adjacent to an activating group) is 1. The van der Waals surface area contributed by atoms with Gasteiger partial charge in [-0.1, -0.05) is 24.3 Å². The van der Waals surface area contributed by atoms with E-state index in [-0.39, 0.29) is 18.3 Å². The molecule has 1 amide bonds. The highest BCUT2D eigenvalue weighted by molar-refractivity contribution is 7.09. The Bertz CT molecular complexity index is 933. The third-order valence-corrected chi connectivity index (χ3v) is 5.41.